The highest BCUT2D eigenvalue weighted by atomic mass is 35.5. The van der Waals surface area contributed by atoms with Gasteiger partial charge in [-0.15, -0.1) is 0 Å². The Labute approximate surface area is 253 Å². The number of amides is 1. The summed E-state index contributed by atoms with van der Waals surface area (Å²) in [5.41, 5.74) is 3.39. The molecule has 2 aromatic rings. The third-order valence-corrected chi connectivity index (χ3v) is 12.8. The smallest absolute Gasteiger partial charge is 0.264 e. The number of hydrogen-bond acceptors (Lipinski definition) is 6. The predicted molar refractivity (Wildman–Crippen MR) is 164 cm³/mol. The number of aryl methyl sites for hydroxylation is 1. The molecule has 2 aromatic carbocycles. The molecule has 1 amide bonds. The van der Waals surface area contributed by atoms with Gasteiger partial charge in [0.25, 0.3) is 5.91 Å². The molecule has 7 rings (SSSR count). The van der Waals surface area contributed by atoms with Gasteiger partial charge in [-0.3, -0.25) is 4.79 Å². The summed E-state index contributed by atoms with van der Waals surface area (Å²) >= 11 is 6.39. The molecule has 2 saturated carbocycles. The molecule has 0 saturated heterocycles. The van der Waals surface area contributed by atoms with Crippen molar-refractivity contribution in [1.82, 2.24) is 4.72 Å². The van der Waals surface area contributed by atoms with Crippen LogP contribution in [0.5, 0.6) is 5.75 Å². The summed E-state index contributed by atoms with van der Waals surface area (Å²) in [6, 6.07) is 11.5. The number of hydrogen-bond donors (Lipinski definition) is 2. The first kappa shape index (κ1) is 28.2. The number of anilines is 1. The number of benzene rings is 2. The molecule has 2 fully saturated rings. The molecule has 5 aliphatic rings. The number of rotatable bonds is 0. The van der Waals surface area contributed by atoms with Gasteiger partial charge in [-0.2, -0.15) is 0 Å². The summed E-state index contributed by atoms with van der Waals surface area (Å²) in [5.74, 6) is 0.472. The topological polar surface area (TPSA) is 95.9 Å². The molecule has 2 heterocycles. The van der Waals surface area contributed by atoms with Crippen LogP contribution in [0.2, 0.25) is 5.02 Å². The van der Waals surface area contributed by atoms with E-state index in [1.54, 1.807) is 12.1 Å². The predicted octanol–water partition coefficient (Wildman–Crippen LogP) is 5.39. The van der Waals surface area contributed by atoms with E-state index in [-0.39, 0.29) is 17.3 Å². The van der Waals surface area contributed by atoms with Crippen LogP contribution in [-0.2, 0) is 21.9 Å². The number of fused-ring (bicyclic) bond motifs is 5. The minimum absolute atomic E-state index is 0.0655. The molecule has 42 heavy (non-hydrogen) atoms. The molecule has 0 unspecified atom stereocenters. The molecule has 9 heteroatoms. The molecular formula is C33H39ClN2O5S. The maximum atomic E-state index is 13.4. The monoisotopic (exact) mass is 610 g/mol. The van der Waals surface area contributed by atoms with Gasteiger partial charge in [0.1, 0.15) is 5.75 Å². The Morgan fingerprint density at radius 3 is 2.76 bits per heavy atom. The van der Waals surface area contributed by atoms with E-state index in [2.05, 4.69) is 21.8 Å². The molecule has 224 valence electrons. The normalized spacial score (nSPS) is 34.6. The quantitative estimate of drug-likeness (QED) is 0.389. The average Bonchev–Trinajstić information content (AvgIpc) is 3.37. The van der Waals surface area contributed by atoms with Crippen LogP contribution in [0.4, 0.5) is 5.69 Å². The largest absolute Gasteiger partial charge is 0.490 e. The number of sulfonamides is 1. The third-order valence-electron chi connectivity index (χ3n) is 10.7. The molecule has 0 radical (unpaired) electrons. The van der Waals surface area contributed by atoms with Gasteiger partial charge in [-0.1, -0.05) is 36.2 Å². The van der Waals surface area contributed by atoms with E-state index in [9.17, 15) is 18.3 Å². The summed E-state index contributed by atoms with van der Waals surface area (Å²) in [7, 11) is -3.86. The summed E-state index contributed by atoms with van der Waals surface area (Å²) in [4.78, 5) is 15.8. The first-order valence-electron chi connectivity index (χ1n) is 15.4. The molecule has 2 aliphatic heterocycles. The van der Waals surface area contributed by atoms with Crippen LogP contribution in [0.3, 0.4) is 0 Å². The number of ether oxygens (including phenoxy) is 1. The van der Waals surface area contributed by atoms with Gasteiger partial charge in [0.15, 0.2) is 0 Å². The van der Waals surface area contributed by atoms with Crippen molar-refractivity contribution in [3.8, 4) is 5.75 Å². The van der Waals surface area contributed by atoms with Gasteiger partial charge in [-0.05, 0) is 111 Å². The second-order valence-corrected chi connectivity index (χ2v) is 15.5. The fourth-order valence-corrected chi connectivity index (χ4v) is 10.2. The van der Waals surface area contributed by atoms with Gasteiger partial charge in [0.2, 0.25) is 10.0 Å². The van der Waals surface area contributed by atoms with Crippen LogP contribution < -0.4 is 14.4 Å². The highest BCUT2D eigenvalue weighted by Crippen LogP contribution is 2.47. The van der Waals surface area contributed by atoms with Gasteiger partial charge < -0.3 is 14.7 Å². The maximum absolute atomic E-state index is 13.4. The molecular weight excluding hydrogens is 572 g/mol. The molecule has 6 atom stereocenters. The summed E-state index contributed by atoms with van der Waals surface area (Å²) < 4.78 is 35.7. The minimum atomic E-state index is -3.86. The fourth-order valence-electron chi connectivity index (χ4n) is 8.29. The highest BCUT2D eigenvalue weighted by Gasteiger charge is 2.44. The molecule has 1 spiro atoms. The zero-order chi connectivity index (χ0) is 29.1. The van der Waals surface area contributed by atoms with Crippen molar-refractivity contribution in [3.05, 3.63) is 70.3 Å². The maximum Gasteiger partial charge on any atom is 0.264 e. The molecule has 2 N–H and O–H groups in total. The van der Waals surface area contributed by atoms with Gasteiger partial charge in [0, 0.05) is 29.1 Å². The Balaban J connectivity index is 1.29. The lowest BCUT2D eigenvalue weighted by Gasteiger charge is -2.45. The first-order chi connectivity index (χ1) is 20.2. The number of nitrogens with zero attached hydrogens (tertiary/aromatic N) is 1. The van der Waals surface area contributed by atoms with Crippen LogP contribution >= 0.6 is 11.6 Å². The van der Waals surface area contributed by atoms with Crippen molar-refractivity contribution < 1.29 is 23.1 Å². The van der Waals surface area contributed by atoms with E-state index in [0.29, 0.717) is 43.2 Å². The molecule has 3 aliphatic carbocycles. The Morgan fingerprint density at radius 1 is 1.05 bits per heavy atom. The van der Waals surface area contributed by atoms with Crippen LogP contribution in [0.15, 0.2) is 48.6 Å². The fraction of sp³-hybridized carbons (Fsp3) is 0.545. The van der Waals surface area contributed by atoms with Crippen LogP contribution in [0.25, 0.3) is 0 Å². The Hall–Kier alpha value is -2.55. The third kappa shape index (κ3) is 5.03. The number of carbonyl (C=O) groups excluding carboxylic acids is 1. The highest BCUT2D eigenvalue weighted by molar-refractivity contribution is 7.90. The van der Waals surface area contributed by atoms with Crippen LogP contribution in [0.1, 0.15) is 72.9 Å². The lowest BCUT2D eigenvalue weighted by Crippen LogP contribution is -2.49. The summed E-state index contributed by atoms with van der Waals surface area (Å²) in [5, 5.41) is 11.3. The van der Waals surface area contributed by atoms with Crippen molar-refractivity contribution in [2.75, 3.05) is 24.6 Å². The zero-order valence-electron chi connectivity index (χ0n) is 23.8. The Bertz CT molecular complexity index is 1530. The van der Waals surface area contributed by atoms with E-state index in [1.165, 1.54) is 11.1 Å². The number of nitrogens with one attached hydrogen (secondary N) is 1. The van der Waals surface area contributed by atoms with Crippen molar-refractivity contribution in [2.24, 2.45) is 17.8 Å². The van der Waals surface area contributed by atoms with E-state index < -0.39 is 27.3 Å². The van der Waals surface area contributed by atoms with Crippen molar-refractivity contribution in [2.45, 2.75) is 74.6 Å². The van der Waals surface area contributed by atoms with Crippen LogP contribution in [-0.4, -0.2) is 50.5 Å². The van der Waals surface area contributed by atoms with Gasteiger partial charge >= 0.3 is 0 Å². The lowest BCUT2D eigenvalue weighted by molar-refractivity contribution is 0.0455. The first-order valence-corrected chi connectivity index (χ1v) is 17.4. The second-order valence-electron chi connectivity index (χ2n) is 13.1. The molecule has 2 bridgehead atoms. The second kappa shape index (κ2) is 10.9. The molecule has 0 aromatic heterocycles. The molecule has 7 nitrogen and oxygen atoms in total. The van der Waals surface area contributed by atoms with Gasteiger partial charge in [0.05, 0.1) is 23.6 Å². The number of aliphatic hydroxyl groups is 1. The average molecular weight is 611 g/mol. The standard InChI is InChI=1S/C33H39ClN2O5S/c34-25-11-13-27-22(16-25)6-3-15-33(27)19-36-18-24-9-12-26(24)29(37)7-1-4-21-5-2-8-31(21)42(39,40)35-32(38)23-10-14-30(41-20-33)28(36)17-23/h1,7,10-11,13-14,16-17,21,24,26,29,31,37H,2-6,8-9,12,15,18-20H2,(H,35,38)/b7-1+/t21-,24+,26-,29+,31+,33+/m1/s1. The van der Waals surface area contributed by atoms with Crippen molar-refractivity contribution in [1.29, 1.82) is 0 Å². The van der Waals surface area contributed by atoms with E-state index in [4.69, 9.17) is 16.3 Å². The number of allylic oxidation sites excluding steroid dienone is 1. The Kier molecular flexibility index (Phi) is 7.30. The van der Waals surface area contributed by atoms with Crippen LogP contribution in [0, 0.1) is 17.8 Å². The number of carbonyl (C=O) groups is 1. The van der Waals surface area contributed by atoms with E-state index in [1.807, 2.05) is 24.3 Å². The number of aliphatic hydroxyl groups excluding tert-OH is 1. The van der Waals surface area contributed by atoms with Crippen molar-refractivity contribution >= 4 is 33.2 Å². The summed E-state index contributed by atoms with van der Waals surface area (Å²) in [6.07, 6.45) is 11.0. The lowest BCUT2D eigenvalue weighted by atomic mass is 9.68. The summed E-state index contributed by atoms with van der Waals surface area (Å²) in [6.45, 7) is 1.94. The SMILES string of the molecule is O=C1NS(=O)(=O)[C@H]2CCC[C@H]2C/C=C/[C@H](O)[C@@H]2CC[C@H]2CN2C[C@@]3(CCCc4cc(Cl)ccc43)COc3ccc1cc32. The minimum Gasteiger partial charge on any atom is -0.490 e. The van der Waals surface area contributed by atoms with Gasteiger partial charge in [-0.25, -0.2) is 13.1 Å². The number of halogens is 1. The van der Waals surface area contributed by atoms with Crippen molar-refractivity contribution in [3.63, 3.8) is 0 Å². The van der Waals surface area contributed by atoms with E-state index >= 15 is 0 Å². The van der Waals surface area contributed by atoms with E-state index in [0.717, 1.165) is 62.2 Å². The Morgan fingerprint density at radius 2 is 1.93 bits per heavy atom. The zero-order valence-corrected chi connectivity index (χ0v) is 25.4.